The number of nitrogens with one attached hydrogen (secondary N) is 2. The van der Waals surface area contributed by atoms with E-state index in [2.05, 4.69) is 36.9 Å². The van der Waals surface area contributed by atoms with Crippen molar-refractivity contribution in [1.82, 2.24) is 14.5 Å². The van der Waals surface area contributed by atoms with Gasteiger partial charge in [-0.1, -0.05) is 54.6 Å². The van der Waals surface area contributed by atoms with Crippen LogP contribution in [0.4, 0.5) is 21.5 Å². The molecule has 2 N–H and O–H groups in total. The van der Waals surface area contributed by atoms with E-state index in [9.17, 15) is 27.7 Å². The predicted molar refractivity (Wildman–Crippen MR) is 230 cm³/mol. The van der Waals surface area contributed by atoms with Crippen molar-refractivity contribution in [3.63, 3.8) is 0 Å². The normalized spacial score (nSPS) is 15.7. The maximum absolute atomic E-state index is 13.5. The molecule has 2 saturated heterocycles. The third kappa shape index (κ3) is 11.2. The second-order valence-electron chi connectivity index (χ2n) is 14.6. The van der Waals surface area contributed by atoms with Crippen molar-refractivity contribution in [2.75, 3.05) is 75.0 Å². The van der Waals surface area contributed by atoms with E-state index in [1.54, 1.807) is 48.2 Å². The quantitative estimate of drug-likeness (QED) is 0.0597. The molecule has 2 aliphatic heterocycles. The Kier molecular flexibility index (Phi) is 13.9. The van der Waals surface area contributed by atoms with Crippen LogP contribution < -0.4 is 14.9 Å². The zero-order valence-corrected chi connectivity index (χ0v) is 34.2. The number of rotatable bonds is 16. The minimum atomic E-state index is -4.45. The van der Waals surface area contributed by atoms with Crippen molar-refractivity contribution in [2.24, 2.45) is 0 Å². The van der Waals surface area contributed by atoms with E-state index in [4.69, 9.17) is 4.74 Å². The molecule has 0 aromatic heterocycles. The van der Waals surface area contributed by atoms with Crippen LogP contribution >= 0.6 is 11.8 Å². The van der Waals surface area contributed by atoms with Gasteiger partial charge in [0, 0.05) is 86.4 Å². The lowest BCUT2D eigenvalue weighted by Gasteiger charge is -2.36. The summed E-state index contributed by atoms with van der Waals surface area (Å²) < 4.78 is 48.0. The molecule has 0 unspecified atom stereocenters. The molecule has 0 spiro atoms. The largest absolute Gasteiger partial charge is 0.379 e. The number of nitro benzene ring substituents is 1. The highest BCUT2D eigenvalue weighted by Crippen LogP contribution is 2.31. The van der Waals surface area contributed by atoms with E-state index in [0.717, 1.165) is 85.7 Å². The molecular weight excluding hydrogens is 792 g/mol. The fraction of sp³-hybridized carbons (Fsp3) is 0.295. The highest BCUT2D eigenvalue weighted by atomic mass is 32.2. The first-order valence-corrected chi connectivity index (χ1v) is 22.1. The first-order chi connectivity index (χ1) is 28.6. The maximum Gasteiger partial charge on any atom is 0.293 e. The molecule has 2 fully saturated rings. The minimum absolute atomic E-state index is 0.139. The number of nitro groups is 1. The van der Waals surface area contributed by atoms with Crippen molar-refractivity contribution >= 4 is 44.8 Å². The second-order valence-corrected chi connectivity index (χ2v) is 17.3. The number of ether oxygens (including phenoxy) is 1. The number of hydrogen-bond acceptors (Lipinski definition) is 11. The van der Waals surface area contributed by atoms with Gasteiger partial charge in [-0.2, -0.15) is 0 Å². The number of sulfonamides is 1. The van der Waals surface area contributed by atoms with Gasteiger partial charge in [0.1, 0.15) is 11.5 Å². The number of hydrogen-bond donors (Lipinski definition) is 2. The fourth-order valence-electron chi connectivity index (χ4n) is 7.28. The van der Waals surface area contributed by atoms with Crippen molar-refractivity contribution in [1.29, 1.82) is 0 Å². The Morgan fingerprint density at radius 2 is 1.53 bits per heavy atom. The Morgan fingerprint density at radius 1 is 0.831 bits per heavy atom. The number of anilines is 2. The average molecular weight is 839 g/mol. The molecule has 5 aromatic carbocycles. The highest BCUT2D eigenvalue weighted by molar-refractivity contribution is 7.99. The van der Waals surface area contributed by atoms with Crippen molar-refractivity contribution in [2.45, 2.75) is 28.8 Å². The van der Waals surface area contributed by atoms with E-state index in [-0.39, 0.29) is 28.0 Å². The van der Waals surface area contributed by atoms with E-state index in [0.29, 0.717) is 25.4 Å². The van der Waals surface area contributed by atoms with E-state index >= 15 is 0 Å². The van der Waals surface area contributed by atoms with Crippen LogP contribution in [-0.4, -0.2) is 99.9 Å². The number of morpholine rings is 1. The van der Waals surface area contributed by atoms with Crippen molar-refractivity contribution in [3.05, 3.63) is 148 Å². The molecule has 1 atom stereocenters. The molecule has 0 aliphatic carbocycles. The number of thioether (sulfide) groups is 1. The Hall–Kier alpha value is -5.32. The molecule has 0 bridgehead atoms. The summed E-state index contributed by atoms with van der Waals surface area (Å²) in [5, 5.41) is 15.6. The SMILES string of the molecule is O=C(NS(=O)(=O)c1ccc(N[C@H](CCN2CCOCC2)CSc2ccccc2)c([N+](=O)[O-])c1)c1ccc(N2CCN(Cc3ccccc3-c3ccc(F)cc3)CC2)cc1. The van der Waals surface area contributed by atoms with Gasteiger partial charge < -0.3 is 15.0 Å². The number of amides is 1. The molecule has 2 heterocycles. The van der Waals surface area contributed by atoms with Gasteiger partial charge in [-0.25, -0.2) is 17.5 Å². The van der Waals surface area contributed by atoms with Crippen LogP contribution in [0.5, 0.6) is 0 Å². The van der Waals surface area contributed by atoms with Gasteiger partial charge in [0.15, 0.2) is 0 Å². The van der Waals surface area contributed by atoms with Crippen LogP contribution in [-0.2, 0) is 21.3 Å². The van der Waals surface area contributed by atoms with Crippen LogP contribution in [0.15, 0.2) is 131 Å². The summed E-state index contributed by atoms with van der Waals surface area (Å²) in [5.74, 6) is -0.476. The maximum atomic E-state index is 13.5. The molecule has 5 aromatic rings. The molecule has 0 radical (unpaired) electrons. The van der Waals surface area contributed by atoms with Crippen LogP contribution in [0.1, 0.15) is 22.3 Å². The molecule has 12 nitrogen and oxygen atoms in total. The molecule has 15 heteroatoms. The van der Waals surface area contributed by atoms with Crippen LogP contribution in [0.2, 0.25) is 0 Å². The Labute approximate surface area is 348 Å². The van der Waals surface area contributed by atoms with Crippen molar-refractivity contribution in [3.8, 4) is 11.1 Å². The number of halogens is 1. The van der Waals surface area contributed by atoms with Crippen LogP contribution in [0.25, 0.3) is 11.1 Å². The standard InChI is InChI=1S/C44H47FN6O6S2/c45-36-14-10-33(11-15-36)41-9-5-4-6-35(41)31-49-22-24-50(25-23-49)38-16-12-34(13-17-38)44(52)47-59(55,56)40-18-19-42(43(30-40)51(53)54)46-37(20-21-48-26-28-57-29-27-48)32-58-39-7-2-1-3-8-39/h1-19,30,37,46H,20-29,31-32H2,(H,47,52)/t37-/m1/s1. The molecule has 2 aliphatic rings. The summed E-state index contributed by atoms with van der Waals surface area (Å²) in [6.07, 6.45) is 0.706. The van der Waals surface area contributed by atoms with E-state index in [1.807, 2.05) is 42.5 Å². The number of carbonyl (C=O) groups is 1. The van der Waals surface area contributed by atoms with Gasteiger partial charge in [-0.05, 0) is 83.8 Å². The van der Waals surface area contributed by atoms with E-state index in [1.165, 1.54) is 24.3 Å². The Balaban J connectivity index is 0.958. The fourth-order valence-corrected chi connectivity index (χ4v) is 9.27. The summed E-state index contributed by atoms with van der Waals surface area (Å²) >= 11 is 1.64. The minimum Gasteiger partial charge on any atom is -0.379 e. The van der Waals surface area contributed by atoms with Crippen LogP contribution in [0, 0.1) is 15.9 Å². The monoisotopic (exact) mass is 838 g/mol. The lowest BCUT2D eigenvalue weighted by molar-refractivity contribution is -0.384. The highest BCUT2D eigenvalue weighted by Gasteiger charge is 2.26. The molecule has 7 rings (SSSR count). The van der Waals surface area contributed by atoms with Gasteiger partial charge in [0.25, 0.3) is 21.6 Å². The zero-order chi connectivity index (χ0) is 41.2. The third-order valence-electron chi connectivity index (χ3n) is 10.6. The van der Waals surface area contributed by atoms with Gasteiger partial charge in [0.2, 0.25) is 0 Å². The molecule has 59 heavy (non-hydrogen) atoms. The summed E-state index contributed by atoms with van der Waals surface area (Å²) in [5.41, 5.74) is 4.05. The summed E-state index contributed by atoms with van der Waals surface area (Å²) in [7, 11) is -4.45. The smallest absolute Gasteiger partial charge is 0.293 e. The molecule has 0 saturated carbocycles. The van der Waals surface area contributed by atoms with Crippen LogP contribution in [0.3, 0.4) is 0 Å². The first-order valence-electron chi connectivity index (χ1n) is 19.6. The summed E-state index contributed by atoms with van der Waals surface area (Å²) in [6.45, 7) is 7.61. The molecule has 308 valence electrons. The molecular formula is C44H47FN6O6S2. The van der Waals surface area contributed by atoms with E-state index < -0.39 is 26.5 Å². The number of nitrogens with zero attached hydrogens (tertiary/aromatic N) is 4. The number of piperazine rings is 1. The van der Waals surface area contributed by atoms with Gasteiger partial charge in [0.05, 0.1) is 23.0 Å². The van der Waals surface area contributed by atoms with Gasteiger partial charge in [-0.15, -0.1) is 11.8 Å². The Morgan fingerprint density at radius 3 is 2.24 bits per heavy atom. The van der Waals surface area contributed by atoms with Gasteiger partial charge in [-0.3, -0.25) is 24.7 Å². The lowest BCUT2D eigenvalue weighted by Crippen LogP contribution is -2.46. The summed E-state index contributed by atoms with van der Waals surface area (Å²) in [6, 6.07) is 34.8. The summed E-state index contributed by atoms with van der Waals surface area (Å²) in [4.78, 5) is 32.5. The first kappa shape index (κ1) is 41.8. The predicted octanol–water partition coefficient (Wildman–Crippen LogP) is 7.14. The van der Waals surface area contributed by atoms with Crippen molar-refractivity contribution < 1.29 is 27.3 Å². The zero-order valence-electron chi connectivity index (χ0n) is 32.5. The Bertz CT molecular complexity index is 2310. The third-order valence-corrected chi connectivity index (χ3v) is 13.1. The second kappa shape index (κ2) is 19.6. The lowest BCUT2D eigenvalue weighted by atomic mass is 9.99. The number of benzene rings is 5. The van der Waals surface area contributed by atoms with Gasteiger partial charge >= 0.3 is 0 Å². The topological polar surface area (TPSA) is 137 Å². The average Bonchev–Trinajstić information content (AvgIpc) is 3.26. The molecule has 1 amide bonds. The number of carbonyl (C=O) groups excluding carboxylic acids is 1.